The van der Waals surface area contributed by atoms with Crippen LogP contribution in [0.4, 0.5) is 0 Å². The number of hydrogen-bond acceptors (Lipinski definition) is 2. The van der Waals surface area contributed by atoms with Crippen LogP contribution in [0.25, 0.3) is 0 Å². The first-order valence-corrected chi connectivity index (χ1v) is 10.1. The van der Waals surface area contributed by atoms with E-state index < -0.39 is 0 Å². The molecule has 0 aliphatic heterocycles. The van der Waals surface area contributed by atoms with E-state index in [1.54, 1.807) is 0 Å². The number of nitrogens with one attached hydrogen (secondary N) is 1. The minimum absolute atomic E-state index is 0.0922. The molecule has 0 saturated heterocycles. The van der Waals surface area contributed by atoms with Gasteiger partial charge >= 0.3 is 0 Å². The number of aromatic nitrogens is 2. The van der Waals surface area contributed by atoms with Crippen molar-refractivity contribution in [3.05, 3.63) is 125 Å². The van der Waals surface area contributed by atoms with E-state index in [0.717, 1.165) is 28.1 Å². The SMILES string of the molecule is Cc1cc(C)n(Cc2ccc(C(=O)NC(c3ccccc3)c3ccccc3)cc2)n1. The highest BCUT2D eigenvalue weighted by Crippen LogP contribution is 2.22. The highest BCUT2D eigenvalue weighted by molar-refractivity contribution is 5.94. The molecule has 4 aromatic rings. The minimum Gasteiger partial charge on any atom is -0.341 e. The van der Waals surface area contributed by atoms with Crippen molar-refractivity contribution < 1.29 is 4.79 Å². The summed E-state index contributed by atoms with van der Waals surface area (Å²) in [6.45, 7) is 4.74. The molecule has 4 heteroatoms. The van der Waals surface area contributed by atoms with E-state index in [-0.39, 0.29) is 11.9 Å². The molecule has 1 aromatic heterocycles. The number of rotatable bonds is 6. The van der Waals surface area contributed by atoms with Gasteiger partial charge in [-0.25, -0.2) is 0 Å². The van der Waals surface area contributed by atoms with Crippen molar-refractivity contribution in [1.82, 2.24) is 15.1 Å². The lowest BCUT2D eigenvalue weighted by Crippen LogP contribution is -2.29. The van der Waals surface area contributed by atoms with Crippen LogP contribution in [0.2, 0.25) is 0 Å². The normalized spacial score (nSPS) is 10.9. The quantitative estimate of drug-likeness (QED) is 0.496. The summed E-state index contributed by atoms with van der Waals surface area (Å²) in [6, 6.07) is 29.7. The molecular weight excluding hydrogens is 370 g/mol. The van der Waals surface area contributed by atoms with Gasteiger partial charge in [0.2, 0.25) is 0 Å². The molecule has 0 aliphatic rings. The summed E-state index contributed by atoms with van der Waals surface area (Å²) in [4.78, 5) is 13.0. The number of benzene rings is 3. The molecule has 0 unspecified atom stereocenters. The Hall–Kier alpha value is -3.66. The fourth-order valence-electron chi connectivity index (χ4n) is 3.63. The van der Waals surface area contributed by atoms with Crippen molar-refractivity contribution in [2.45, 2.75) is 26.4 Å². The molecule has 1 heterocycles. The fourth-order valence-corrected chi connectivity index (χ4v) is 3.63. The van der Waals surface area contributed by atoms with E-state index in [1.807, 2.05) is 96.5 Å². The van der Waals surface area contributed by atoms with E-state index in [4.69, 9.17) is 0 Å². The highest BCUT2D eigenvalue weighted by atomic mass is 16.1. The molecule has 0 fully saturated rings. The predicted octanol–water partition coefficient (Wildman–Crippen LogP) is 5.07. The monoisotopic (exact) mass is 395 g/mol. The first-order valence-electron chi connectivity index (χ1n) is 10.1. The second kappa shape index (κ2) is 8.78. The van der Waals surface area contributed by atoms with Gasteiger partial charge in [-0.1, -0.05) is 72.8 Å². The van der Waals surface area contributed by atoms with Gasteiger partial charge in [0, 0.05) is 11.3 Å². The minimum atomic E-state index is -0.200. The van der Waals surface area contributed by atoms with Gasteiger partial charge in [-0.3, -0.25) is 9.48 Å². The summed E-state index contributed by atoms with van der Waals surface area (Å²) >= 11 is 0. The molecule has 0 atom stereocenters. The maximum atomic E-state index is 13.0. The Balaban J connectivity index is 1.52. The average molecular weight is 396 g/mol. The number of nitrogens with zero attached hydrogens (tertiary/aromatic N) is 2. The lowest BCUT2D eigenvalue weighted by molar-refractivity contribution is 0.0943. The summed E-state index contributed by atoms with van der Waals surface area (Å²) in [5, 5.41) is 7.70. The molecule has 4 nitrogen and oxygen atoms in total. The fraction of sp³-hybridized carbons (Fsp3) is 0.154. The largest absolute Gasteiger partial charge is 0.341 e. The Kier molecular flexibility index (Phi) is 5.75. The second-order valence-electron chi connectivity index (χ2n) is 7.51. The molecule has 3 aromatic carbocycles. The predicted molar refractivity (Wildman–Crippen MR) is 119 cm³/mol. The van der Waals surface area contributed by atoms with Gasteiger partial charge in [0.05, 0.1) is 18.3 Å². The maximum absolute atomic E-state index is 13.0. The number of amides is 1. The smallest absolute Gasteiger partial charge is 0.252 e. The Morgan fingerprint density at radius 3 is 1.93 bits per heavy atom. The number of hydrogen-bond donors (Lipinski definition) is 1. The molecule has 0 saturated carbocycles. The van der Waals surface area contributed by atoms with Crippen molar-refractivity contribution in [3.63, 3.8) is 0 Å². The van der Waals surface area contributed by atoms with Crippen molar-refractivity contribution in [2.75, 3.05) is 0 Å². The summed E-state index contributed by atoms with van der Waals surface area (Å²) in [7, 11) is 0. The van der Waals surface area contributed by atoms with E-state index in [1.165, 1.54) is 0 Å². The number of carbonyl (C=O) groups is 1. The summed E-state index contributed by atoms with van der Waals surface area (Å²) < 4.78 is 1.98. The van der Waals surface area contributed by atoms with Gasteiger partial charge in [-0.15, -0.1) is 0 Å². The van der Waals surface area contributed by atoms with Crippen molar-refractivity contribution in [3.8, 4) is 0 Å². The molecule has 1 amide bonds. The molecule has 0 spiro atoms. The first-order chi connectivity index (χ1) is 14.6. The van der Waals surface area contributed by atoms with E-state index >= 15 is 0 Å². The summed E-state index contributed by atoms with van der Waals surface area (Å²) in [5.74, 6) is -0.0922. The van der Waals surface area contributed by atoms with Crippen LogP contribution in [0, 0.1) is 13.8 Å². The molecule has 0 bridgehead atoms. The Labute approximate surface area is 177 Å². The average Bonchev–Trinajstić information content (AvgIpc) is 3.10. The van der Waals surface area contributed by atoms with Crippen LogP contribution >= 0.6 is 0 Å². The van der Waals surface area contributed by atoms with Crippen LogP contribution in [-0.4, -0.2) is 15.7 Å². The van der Waals surface area contributed by atoms with Gasteiger partial charge in [-0.05, 0) is 48.7 Å². The van der Waals surface area contributed by atoms with E-state index in [9.17, 15) is 4.79 Å². The van der Waals surface area contributed by atoms with Gasteiger partial charge in [0.1, 0.15) is 0 Å². The Morgan fingerprint density at radius 1 is 0.867 bits per heavy atom. The molecular formula is C26H25N3O. The third-order valence-corrected chi connectivity index (χ3v) is 5.19. The second-order valence-corrected chi connectivity index (χ2v) is 7.51. The van der Waals surface area contributed by atoms with E-state index in [2.05, 4.69) is 23.4 Å². The standard InChI is InChI=1S/C26H25N3O/c1-19-17-20(2)29(28-19)18-21-13-15-24(16-14-21)26(30)27-25(22-9-5-3-6-10-22)23-11-7-4-8-12-23/h3-17,25H,18H2,1-2H3,(H,27,30). The van der Waals surface area contributed by atoms with Crippen molar-refractivity contribution >= 4 is 5.91 Å². The molecule has 30 heavy (non-hydrogen) atoms. The van der Waals surface area contributed by atoms with Crippen LogP contribution in [-0.2, 0) is 6.54 Å². The molecule has 0 radical (unpaired) electrons. The van der Waals surface area contributed by atoms with Gasteiger partial charge in [0.25, 0.3) is 5.91 Å². The topological polar surface area (TPSA) is 46.9 Å². The molecule has 4 rings (SSSR count). The summed E-state index contributed by atoms with van der Waals surface area (Å²) in [5.41, 5.74) is 6.00. The molecule has 0 aliphatic carbocycles. The Morgan fingerprint density at radius 2 is 1.43 bits per heavy atom. The van der Waals surface area contributed by atoms with Crippen molar-refractivity contribution in [2.24, 2.45) is 0 Å². The van der Waals surface area contributed by atoms with Crippen molar-refractivity contribution in [1.29, 1.82) is 0 Å². The molecule has 1 N–H and O–H groups in total. The zero-order valence-corrected chi connectivity index (χ0v) is 17.2. The zero-order chi connectivity index (χ0) is 20.9. The van der Waals surface area contributed by atoms with Gasteiger partial charge in [0.15, 0.2) is 0 Å². The lowest BCUT2D eigenvalue weighted by Gasteiger charge is -2.20. The van der Waals surface area contributed by atoms with E-state index in [0.29, 0.717) is 12.1 Å². The van der Waals surface area contributed by atoms with Crippen LogP contribution in [0.15, 0.2) is 91.0 Å². The molecule has 150 valence electrons. The van der Waals surface area contributed by atoms with Crippen LogP contribution < -0.4 is 5.32 Å². The third-order valence-electron chi connectivity index (χ3n) is 5.19. The Bertz CT molecular complexity index is 1080. The third kappa shape index (κ3) is 4.49. The number of aryl methyl sites for hydroxylation is 2. The first kappa shape index (κ1) is 19.6. The van der Waals surface area contributed by atoms with Gasteiger partial charge in [-0.2, -0.15) is 5.10 Å². The summed E-state index contributed by atoms with van der Waals surface area (Å²) in [6.07, 6.45) is 0. The number of carbonyl (C=O) groups excluding carboxylic acids is 1. The highest BCUT2D eigenvalue weighted by Gasteiger charge is 2.17. The lowest BCUT2D eigenvalue weighted by atomic mass is 9.98. The van der Waals surface area contributed by atoms with Crippen LogP contribution in [0.1, 0.15) is 44.5 Å². The van der Waals surface area contributed by atoms with Crippen LogP contribution in [0.5, 0.6) is 0 Å². The zero-order valence-electron chi connectivity index (χ0n) is 17.2. The van der Waals surface area contributed by atoms with Gasteiger partial charge < -0.3 is 5.32 Å². The van der Waals surface area contributed by atoms with Crippen LogP contribution in [0.3, 0.4) is 0 Å². The maximum Gasteiger partial charge on any atom is 0.252 e.